The van der Waals surface area contributed by atoms with Gasteiger partial charge in [-0.2, -0.15) is 13.2 Å². The van der Waals surface area contributed by atoms with Crippen LogP contribution in [0.15, 0.2) is 18.2 Å². The molecule has 0 bridgehead atoms. The minimum Gasteiger partial charge on any atom is -0.316 e. The second-order valence-electron chi connectivity index (χ2n) is 2.99. The summed E-state index contributed by atoms with van der Waals surface area (Å²) >= 11 is 5.45. The van der Waals surface area contributed by atoms with E-state index in [4.69, 9.17) is 17.3 Å². The number of nitro groups is 1. The van der Waals surface area contributed by atoms with Crippen molar-refractivity contribution in [2.75, 3.05) is 0 Å². The monoisotopic (exact) mass is 290 g/mol. The molecule has 1 aromatic rings. The summed E-state index contributed by atoms with van der Waals surface area (Å²) in [6.45, 7) is 0. The standard InChI is InChI=1S/C8H6ClF3N2O2.ClH/c9-5-2-1-4(3-6(5)14(15)16)7(13)8(10,11)12;/h1-3,7H,13H2;1H/t7-;/m0./s1. The Labute approximate surface area is 105 Å². The third kappa shape index (κ3) is 3.72. The highest BCUT2D eigenvalue weighted by Gasteiger charge is 2.38. The van der Waals surface area contributed by atoms with Crippen molar-refractivity contribution in [3.8, 4) is 0 Å². The average Bonchev–Trinajstić information content (AvgIpc) is 2.15. The van der Waals surface area contributed by atoms with Crippen LogP contribution in [0.2, 0.25) is 5.02 Å². The van der Waals surface area contributed by atoms with Crippen molar-refractivity contribution in [1.82, 2.24) is 0 Å². The quantitative estimate of drug-likeness (QED) is 0.671. The minimum absolute atomic E-state index is 0. The van der Waals surface area contributed by atoms with Gasteiger partial charge in [-0.05, 0) is 11.6 Å². The molecule has 1 atom stereocenters. The maximum Gasteiger partial charge on any atom is 0.407 e. The number of nitrogens with zero attached hydrogens (tertiary/aromatic N) is 1. The van der Waals surface area contributed by atoms with Gasteiger partial charge in [0.05, 0.1) is 4.92 Å². The molecule has 0 fully saturated rings. The fraction of sp³-hybridized carbons (Fsp3) is 0.250. The number of benzene rings is 1. The van der Waals surface area contributed by atoms with Crippen LogP contribution in [-0.4, -0.2) is 11.1 Å². The Morgan fingerprint density at radius 3 is 2.35 bits per heavy atom. The summed E-state index contributed by atoms with van der Waals surface area (Å²) < 4.78 is 36.7. The summed E-state index contributed by atoms with van der Waals surface area (Å²) in [4.78, 5) is 9.58. The Bertz CT molecular complexity index is 426. The van der Waals surface area contributed by atoms with E-state index < -0.39 is 28.4 Å². The molecule has 0 aliphatic rings. The molecule has 1 rings (SSSR count). The van der Waals surface area contributed by atoms with Crippen LogP contribution in [0.5, 0.6) is 0 Å². The van der Waals surface area contributed by atoms with Gasteiger partial charge in [0, 0.05) is 6.07 Å². The number of hydrogen-bond donors (Lipinski definition) is 1. The number of nitrogens with two attached hydrogens (primary N) is 1. The molecule has 96 valence electrons. The summed E-state index contributed by atoms with van der Waals surface area (Å²) in [6.07, 6.45) is -4.65. The second-order valence-corrected chi connectivity index (χ2v) is 3.39. The molecule has 0 aliphatic carbocycles. The molecule has 0 aliphatic heterocycles. The zero-order valence-corrected chi connectivity index (χ0v) is 9.64. The predicted octanol–water partition coefficient (Wildman–Crippen LogP) is 3.23. The van der Waals surface area contributed by atoms with Gasteiger partial charge in [-0.15, -0.1) is 12.4 Å². The number of rotatable bonds is 2. The van der Waals surface area contributed by atoms with Crippen LogP contribution < -0.4 is 5.73 Å². The molecule has 4 nitrogen and oxygen atoms in total. The molecule has 17 heavy (non-hydrogen) atoms. The van der Waals surface area contributed by atoms with E-state index in [1.807, 2.05) is 0 Å². The van der Waals surface area contributed by atoms with Gasteiger partial charge < -0.3 is 5.73 Å². The van der Waals surface area contributed by atoms with Crippen LogP contribution >= 0.6 is 24.0 Å². The predicted molar refractivity (Wildman–Crippen MR) is 58.3 cm³/mol. The van der Waals surface area contributed by atoms with E-state index >= 15 is 0 Å². The van der Waals surface area contributed by atoms with Crippen LogP contribution in [-0.2, 0) is 0 Å². The Morgan fingerprint density at radius 1 is 1.41 bits per heavy atom. The molecular formula is C8H7Cl2F3N2O2. The molecule has 1 aromatic carbocycles. The molecule has 0 unspecified atom stereocenters. The lowest BCUT2D eigenvalue weighted by Crippen LogP contribution is -2.28. The van der Waals surface area contributed by atoms with Crippen molar-refractivity contribution < 1.29 is 18.1 Å². The Balaban J connectivity index is 0.00000256. The summed E-state index contributed by atoms with van der Waals surface area (Å²) in [5, 5.41) is 10.2. The molecule has 0 radical (unpaired) electrons. The first-order chi connectivity index (χ1) is 7.23. The van der Waals surface area contributed by atoms with Gasteiger partial charge in [-0.25, -0.2) is 0 Å². The van der Waals surface area contributed by atoms with Gasteiger partial charge in [-0.3, -0.25) is 10.1 Å². The third-order valence-electron chi connectivity index (χ3n) is 1.88. The first-order valence-corrected chi connectivity index (χ1v) is 4.37. The average molecular weight is 291 g/mol. The zero-order chi connectivity index (χ0) is 12.5. The van der Waals surface area contributed by atoms with Gasteiger partial charge in [-0.1, -0.05) is 17.7 Å². The molecule has 0 saturated heterocycles. The molecule has 0 saturated carbocycles. The highest BCUT2D eigenvalue weighted by Crippen LogP contribution is 2.34. The molecule has 0 spiro atoms. The lowest BCUT2D eigenvalue weighted by atomic mass is 10.1. The number of alkyl halides is 3. The van der Waals surface area contributed by atoms with Crippen molar-refractivity contribution in [1.29, 1.82) is 0 Å². The van der Waals surface area contributed by atoms with Crippen LogP contribution in [0.25, 0.3) is 0 Å². The first kappa shape index (κ1) is 16.0. The van der Waals surface area contributed by atoms with Gasteiger partial charge in [0.15, 0.2) is 0 Å². The van der Waals surface area contributed by atoms with E-state index in [1.54, 1.807) is 0 Å². The Kier molecular flexibility index (Phi) is 5.18. The van der Waals surface area contributed by atoms with E-state index in [0.29, 0.717) is 0 Å². The van der Waals surface area contributed by atoms with E-state index in [2.05, 4.69) is 0 Å². The Morgan fingerprint density at radius 2 is 1.94 bits per heavy atom. The Hall–Kier alpha value is -1.05. The van der Waals surface area contributed by atoms with Gasteiger partial charge in [0.2, 0.25) is 0 Å². The number of hydrogen-bond acceptors (Lipinski definition) is 3. The van der Waals surface area contributed by atoms with E-state index in [-0.39, 0.29) is 17.4 Å². The van der Waals surface area contributed by atoms with Crippen molar-refractivity contribution in [3.05, 3.63) is 38.9 Å². The lowest BCUT2D eigenvalue weighted by molar-refractivity contribution is -0.384. The van der Waals surface area contributed by atoms with E-state index in [9.17, 15) is 23.3 Å². The van der Waals surface area contributed by atoms with Crippen LogP contribution in [0.1, 0.15) is 11.6 Å². The van der Waals surface area contributed by atoms with Gasteiger partial charge in [0.25, 0.3) is 5.69 Å². The molecular weight excluding hydrogens is 284 g/mol. The van der Waals surface area contributed by atoms with Gasteiger partial charge in [0.1, 0.15) is 11.1 Å². The smallest absolute Gasteiger partial charge is 0.316 e. The number of halogens is 5. The fourth-order valence-electron chi connectivity index (χ4n) is 1.05. The van der Waals surface area contributed by atoms with Crippen LogP contribution in [0.4, 0.5) is 18.9 Å². The minimum atomic E-state index is -4.65. The molecule has 9 heteroatoms. The van der Waals surface area contributed by atoms with E-state index in [0.717, 1.165) is 18.2 Å². The maximum atomic E-state index is 12.2. The fourth-order valence-corrected chi connectivity index (χ4v) is 1.24. The normalized spacial score (nSPS) is 12.8. The highest BCUT2D eigenvalue weighted by atomic mass is 35.5. The van der Waals surface area contributed by atoms with E-state index in [1.165, 1.54) is 0 Å². The number of nitro benzene ring substituents is 1. The summed E-state index contributed by atoms with van der Waals surface area (Å²) in [7, 11) is 0. The van der Waals surface area contributed by atoms with Crippen LogP contribution in [0, 0.1) is 10.1 Å². The lowest BCUT2D eigenvalue weighted by Gasteiger charge is -2.15. The SMILES string of the molecule is Cl.N[C@@H](c1ccc(Cl)c([N+](=O)[O-])c1)C(F)(F)F. The van der Waals surface area contributed by atoms with Crippen molar-refractivity contribution in [3.63, 3.8) is 0 Å². The summed E-state index contributed by atoms with van der Waals surface area (Å²) in [6, 6.07) is 0.484. The topological polar surface area (TPSA) is 69.2 Å². The van der Waals surface area contributed by atoms with Crippen molar-refractivity contribution in [2.24, 2.45) is 5.73 Å². The maximum absolute atomic E-state index is 12.2. The summed E-state index contributed by atoms with van der Waals surface area (Å²) in [5.74, 6) is 0. The van der Waals surface area contributed by atoms with Crippen molar-refractivity contribution >= 4 is 29.7 Å². The largest absolute Gasteiger partial charge is 0.407 e. The highest BCUT2D eigenvalue weighted by molar-refractivity contribution is 6.32. The van der Waals surface area contributed by atoms with Crippen molar-refractivity contribution in [2.45, 2.75) is 12.2 Å². The molecule has 0 heterocycles. The molecule has 0 aromatic heterocycles. The molecule has 0 amide bonds. The second kappa shape index (κ2) is 5.52. The molecule has 2 N–H and O–H groups in total. The van der Waals surface area contributed by atoms with Gasteiger partial charge >= 0.3 is 6.18 Å². The van der Waals surface area contributed by atoms with Crippen LogP contribution in [0.3, 0.4) is 0 Å². The zero-order valence-electron chi connectivity index (χ0n) is 8.07. The first-order valence-electron chi connectivity index (χ1n) is 3.99. The summed E-state index contributed by atoms with van der Waals surface area (Å²) in [5.41, 5.74) is 3.90. The third-order valence-corrected chi connectivity index (χ3v) is 2.20.